The van der Waals surface area contributed by atoms with Crippen molar-refractivity contribution in [3.63, 3.8) is 0 Å². The van der Waals surface area contributed by atoms with E-state index in [4.69, 9.17) is 4.99 Å². The van der Waals surface area contributed by atoms with E-state index < -0.39 is 0 Å². The average Bonchev–Trinajstić information content (AvgIpc) is 2.91. The predicted molar refractivity (Wildman–Crippen MR) is 119 cm³/mol. The van der Waals surface area contributed by atoms with Gasteiger partial charge in [0.05, 0.1) is 16.9 Å². The number of rotatable bonds is 5. The van der Waals surface area contributed by atoms with Crippen LogP contribution in [0.1, 0.15) is 11.8 Å². The molecule has 5 nitrogen and oxygen atoms in total. The van der Waals surface area contributed by atoms with Gasteiger partial charge in [-0.05, 0) is 49.1 Å². The van der Waals surface area contributed by atoms with Crippen LogP contribution in [0.15, 0.2) is 20.9 Å². The van der Waals surface area contributed by atoms with Gasteiger partial charge in [-0.2, -0.15) is 0 Å². The molecule has 0 saturated carbocycles. The molecule has 0 radical (unpaired) electrons. The Morgan fingerprint density at radius 1 is 1.42 bits per heavy atom. The molecule has 24 heavy (non-hydrogen) atoms. The summed E-state index contributed by atoms with van der Waals surface area (Å²) in [6.07, 6.45) is 0. The summed E-state index contributed by atoms with van der Waals surface area (Å²) < 4.78 is 1.18. The van der Waals surface area contributed by atoms with Crippen molar-refractivity contribution >= 4 is 57.2 Å². The zero-order valence-corrected chi connectivity index (χ0v) is 19.7. The fourth-order valence-electron chi connectivity index (χ4n) is 2.71. The Balaban J connectivity index is 0.00000288. The molecule has 1 aliphatic rings. The van der Waals surface area contributed by atoms with Gasteiger partial charge in [0.15, 0.2) is 5.96 Å². The third-order valence-corrected chi connectivity index (χ3v) is 5.76. The highest BCUT2D eigenvalue weighted by Gasteiger charge is 2.22. The predicted octanol–water partition coefficient (Wildman–Crippen LogP) is 2.77. The molecule has 8 heteroatoms. The highest BCUT2D eigenvalue weighted by atomic mass is 127. The van der Waals surface area contributed by atoms with Crippen LogP contribution in [0.2, 0.25) is 0 Å². The van der Waals surface area contributed by atoms with E-state index in [-0.39, 0.29) is 24.0 Å². The number of hydrogen-bond acceptors (Lipinski definition) is 4. The molecule has 138 valence electrons. The van der Waals surface area contributed by atoms with E-state index in [2.05, 4.69) is 76.1 Å². The maximum atomic E-state index is 4.88. The van der Waals surface area contributed by atoms with Gasteiger partial charge in [0.25, 0.3) is 0 Å². The lowest BCUT2D eigenvalue weighted by Crippen LogP contribution is -2.51. The summed E-state index contributed by atoms with van der Waals surface area (Å²) >= 11 is 5.30. The first-order chi connectivity index (χ1) is 11.0. The molecule has 0 aliphatic carbocycles. The van der Waals surface area contributed by atoms with Crippen molar-refractivity contribution in [2.45, 2.75) is 19.5 Å². The lowest BCUT2D eigenvalue weighted by molar-refractivity contribution is 0.119. The Morgan fingerprint density at radius 3 is 2.79 bits per heavy atom. The number of nitrogens with one attached hydrogen (secondary N) is 1. The van der Waals surface area contributed by atoms with E-state index in [0.717, 1.165) is 45.2 Å². The molecule has 1 aromatic heterocycles. The minimum absolute atomic E-state index is 0. The summed E-state index contributed by atoms with van der Waals surface area (Å²) in [5.74, 6) is 0.985. The van der Waals surface area contributed by atoms with Crippen molar-refractivity contribution < 1.29 is 0 Å². The molecule has 0 aromatic carbocycles. The number of halogens is 2. The number of thiophene rings is 1. The summed E-state index contributed by atoms with van der Waals surface area (Å²) in [4.78, 5) is 13.2. The lowest BCUT2D eigenvalue weighted by atomic mass is 10.2. The molecule has 1 atom stereocenters. The highest BCUT2D eigenvalue weighted by Crippen LogP contribution is 2.23. The third kappa shape index (κ3) is 6.78. The Hall–Kier alpha value is 0.1000. The maximum Gasteiger partial charge on any atom is 0.194 e. The molecule has 1 saturated heterocycles. The van der Waals surface area contributed by atoms with Crippen molar-refractivity contribution in [2.24, 2.45) is 4.99 Å². The van der Waals surface area contributed by atoms with E-state index in [0.29, 0.717) is 6.04 Å². The molecule has 1 aliphatic heterocycles. The largest absolute Gasteiger partial charge is 0.357 e. The standard InChI is InChI=1S/C16H28BrN5S.HI/c1-5-18-16(22(4)12-14-6-7-15(17)23-14)19-10-13-11-20(2)8-9-21(13)3;/h6-7,13H,5,8-12H2,1-4H3,(H,18,19);1H. The van der Waals surface area contributed by atoms with Gasteiger partial charge < -0.3 is 15.1 Å². The normalized spacial score (nSPS) is 19.9. The topological polar surface area (TPSA) is 34.1 Å². The molecule has 0 spiro atoms. The second-order valence-electron chi connectivity index (χ2n) is 6.15. The Morgan fingerprint density at radius 2 is 2.17 bits per heavy atom. The summed E-state index contributed by atoms with van der Waals surface area (Å²) in [7, 11) is 6.49. The first-order valence-corrected chi connectivity index (χ1v) is 9.73. The van der Waals surface area contributed by atoms with E-state index >= 15 is 0 Å². The van der Waals surface area contributed by atoms with Gasteiger partial charge in [0.2, 0.25) is 0 Å². The van der Waals surface area contributed by atoms with Crippen LogP contribution in [0.25, 0.3) is 0 Å². The zero-order chi connectivity index (χ0) is 16.8. The minimum atomic E-state index is 0. The average molecular weight is 530 g/mol. The molecular formula is C16H29BrIN5S. The summed E-state index contributed by atoms with van der Waals surface area (Å²) in [5.41, 5.74) is 0. The quantitative estimate of drug-likeness (QED) is 0.361. The monoisotopic (exact) mass is 529 g/mol. The Bertz CT molecular complexity index is 524. The molecule has 1 unspecified atom stereocenters. The number of piperazine rings is 1. The number of guanidine groups is 1. The van der Waals surface area contributed by atoms with Gasteiger partial charge in [0, 0.05) is 44.1 Å². The molecule has 1 fully saturated rings. The van der Waals surface area contributed by atoms with E-state index in [1.54, 1.807) is 11.3 Å². The van der Waals surface area contributed by atoms with Gasteiger partial charge in [0.1, 0.15) is 0 Å². The molecule has 0 bridgehead atoms. The molecular weight excluding hydrogens is 501 g/mol. The van der Waals surface area contributed by atoms with Crippen LogP contribution in [0.3, 0.4) is 0 Å². The van der Waals surface area contributed by atoms with Crippen LogP contribution in [-0.2, 0) is 6.54 Å². The van der Waals surface area contributed by atoms with Crippen molar-refractivity contribution in [1.29, 1.82) is 0 Å². The molecule has 1 N–H and O–H groups in total. The first-order valence-electron chi connectivity index (χ1n) is 8.12. The maximum absolute atomic E-state index is 4.88. The summed E-state index contributed by atoms with van der Waals surface area (Å²) in [6.45, 7) is 8.06. The van der Waals surface area contributed by atoms with Gasteiger partial charge in [-0.25, -0.2) is 0 Å². The first kappa shape index (κ1) is 22.1. The minimum Gasteiger partial charge on any atom is -0.357 e. The fraction of sp³-hybridized carbons (Fsp3) is 0.688. The number of likely N-dealkylation sites (N-methyl/N-ethyl adjacent to an activating group) is 2. The summed E-state index contributed by atoms with van der Waals surface area (Å²) in [5, 5.41) is 3.41. The molecule has 2 rings (SSSR count). The van der Waals surface area contributed by atoms with Crippen LogP contribution in [0.4, 0.5) is 0 Å². The van der Waals surface area contributed by atoms with Gasteiger partial charge >= 0.3 is 0 Å². The van der Waals surface area contributed by atoms with E-state index in [1.807, 2.05) is 0 Å². The van der Waals surface area contributed by atoms with Gasteiger partial charge in [-0.1, -0.05) is 0 Å². The van der Waals surface area contributed by atoms with Crippen LogP contribution in [0, 0.1) is 0 Å². The number of nitrogens with zero attached hydrogens (tertiary/aromatic N) is 4. The lowest BCUT2D eigenvalue weighted by Gasteiger charge is -2.37. The Kier molecular flexibility index (Phi) is 10.1. The second kappa shape index (κ2) is 10.9. The van der Waals surface area contributed by atoms with Crippen LogP contribution >= 0.6 is 51.2 Å². The van der Waals surface area contributed by atoms with Crippen LogP contribution in [0.5, 0.6) is 0 Å². The van der Waals surface area contributed by atoms with Crippen molar-refractivity contribution in [3.8, 4) is 0 Å². The smallest absolute Gasteiger partial charge is 0.194 e. The van der Waals surface area contributed by atoms with Crippen molar-refractivity contribution in [2.75, 3.05) is 53.9 Å². The van der Waals surface area contributed by atoms with Gasteiger partial charge in [-0.3, -0.25) is 9.89 Å². The van der Waals surface area contributed by atoms with Gasteiger partial charge in [-0.15, -0.1) is 35.3 Å². The number of aliphatic imine (C=N–C) groups is 1. The summed E-state index contributed by atoms with van der Waals surface area (Å²) in [6, 6.07) is 4.76. The molecule has 1 aromatic rings. The number of hydrogen-bond donors (Lipinski definition) is 1. The SMILES string of the molecule is CCNC(=NCC1CN(C)CCN1C)N(C)Cc1ccc(Br)s1.I. The van der Waals surface area contributed by atoms with E-state index in [9.17, 15) is 0 Å². The van der Waals surface area contributed by atoms with Crippen molar-refractivity contribution in [1.82, 2.24) is 20.0 Å². The van der Waals surface area contributed by atoms with Crippen LogP contribution < -0.4 is 5.32 Å². The van der Waals surface area contributed by atoms with Crippen molar-refractivity contribution in [3.05, 3.63) is 20.8 Å². The van der Waals surface area contributed by atoms with Crippen LogP contribution in [-0.4, -0.2) is 80.6 Å². The Labute approximate surface area is 175 Å². The fourth-order valence-corrected chi connectivity index (χ4v) is 4.24. The molecule has 2 heterocycles. The molecule has 0 amide bonds. The zero-order valence-electron chi connectivity index (χ0n) is 15.0. The van der Waals surface area contributed by atoms with E-state index in [1.165, 1.54) is 8.66 Å². The highest BCUT2D eigenvalue weighted by molar-refractivity contribution is 14.0. The third-order valence-electron chi connectivity index (χ3n) is 4.15. The second-order valence-corrected chi connectivity index (χ2v) is 8.70.